The van der Waals surface area contributed by atoms with Crippen LogP contribution in [0.3, 0.4) is 0 Å². The van der Waals surface area contributed by atoms with Gasteiger partial charge in [-0.15, -0.1) is 0 Å². The Balaban J connectivity index is 1.23. The van der Waals surface area contributed by atoms with E-state index in [1.54, 1.807) is 0 Å². The van der Waals surface area contributed by atoms with Crippen molar-refractivity contribution in [2.75, 3.05) is 31.6 Å². The van der Waals surface area contributed by atoms with Crippen molar-refractivity contribution in [1.82, 2.24) is 10.2 Å². The van der Waals surface area contributed by atoms with E-state index in [1.807, 2.05) is 55.5 Å². The van der Waals surface area contributed by atoms with Gasteiger partial charge in [0.15, 0.2) is 18.1 Å². The van der Waals surface area contributed by atoms with E-state index in [0.29, 0.717) is 30.1 Å². The summed E-state index contributed by atoms with van der Waals surface area (Å²) in [5.41, 5.74) is 1.84. The highest BCUT2D eigenvalue weighted by Gasteiger charge is 2.29. The van der Waals surface area contributed by atoms with E-state index in [1.165, 1.54) is 19.3 Å². The van der Waals surface area contributed by atoms with Crippen molar-refractivity contribution in [3.05, 3.63) is 54.1 Å². The summed E-state index contributed by atoms with van der Waals surface area (Å²) in [6.45, 7) is 4.75. The Morgan fingerprint density at radius 1 is 0.917 bits per heavy atom. The van der Waals surface area contributed by atoms with Crippen molar-refractivity contribution < 1.29 is 19.1 Å². The van der Waals surface area contributed by atoms with Crippen LogP contribution in [0.15, 0.2) is 48.5 Å². The number of likely N-dealkylation sites (tertiary alicyclic amines) is 1. The average molecular weight is 494 g/mol. The summed E-state index contributed by atoms with van der Waals surface area (Å²) in [4.78, 5) is 27.1. The summed E-state index contributed by atoms with van der Waals surface area (Å²) in [5.74, 6) is 1.60. The lowest BCUT2D eigenvalue weighted by molar-refractivity contribution is -0.137. The number of amides is 2. The molecule has 7 nitrogen and oxygen atoms in total. The largest absolute Gasteiger partial charge is 0.490 e. The molecule has 1 saturated heterocycles. The van der Waals surface area contributed by atoms with E-state index < -0.39 is 0 Å². The highest BCUT2D eigenvalue weighted by Crippen LogP contribution is 2.29. The van der Waals surface area contributed by atoms with E-state index >= 15 is 0 Å². The summed E-state index contributed by atoms with van der Waals surface area (Å²) < 4.78 is 11.6. The second-order valence-corrected chi connectivity index (χ2v) is 9.73. The molecule has 194 valence electrons. The Labute approximate surface area is 214 Å². The molecule has 0 radical (unpaired) electrons. The van der Waals surface area contributed by atoms with Gasteiger partial charge in [-0.3, -0.25) is 9.59 Å². The fourth-order valence-electron chi connectivity index (χ4n) is 5.09. The van der Waals surface area contributed by atoms with E-state index in [9.17, 15) is 9.59 Å². The lowest BCUT2D eigenvalue weighted by Gasteiger charge is -2.35. The molecule has 0 atom stereocenters. The molecule has 0 spiro atoms. The molecule has 0 aromatic heterocycles. The van der Waals surface area contributed by atoms with Crippen molar-refractivity contribution in [3.8, 4) is 11.5 Å². The number of piperidine rings is 1. The number of nitrogens with zero attached hydrogens (tertiary/aromatic N) is 1. The number of hydrogen-bond donors (Lipinski definition) is 2. The number of ether oxygens (including phenoxy) is 2. The van der Waals surface area contributed by atoms with Crippen LogP contribution in [0.4, 0.5) is 5.69 Å². The minimum atomic E-state index is -0.220. The Bertz CT molecular complexity index is 983. The first kappa shape index (κ1) is 26.0. The number of rotatable bonds is 10. The van der Waals surface area contributed by atoms with Crippen LogP contribution >= 0.6 is 0 Å². The van der Waals surface area contributed by atoms with Gasteiger partial charge in [-0.25, -0.2) is 0 Å². The molecule has 2 fully saturated rings. The van der Waals surface area contributed by atoms with Gasteiger partial charge in [-0.05, 0) is 62.4 Å². The summed E-state index contributed by atoms with van der Waals surface area (Å²) in [7, 11) is 0. The second kappa shape index (κ2) is 13.3. The smallest absolute Gasteiger partial charge is 0.262 e. The predicted molar refractivity (Wildman–Crippen MR) is 141 cm³/mol. The molecule has 1 aliphatic heterocycles. The number of para-hydroxylation sites is 1. The van der Waals surface area contributed by atoms with Crippen LogP contribution in [-0.2, 0) is 16.1 Å². The average Bonchev–Trinajstić information content (AvgIpc) is 2.92. The quantitative estimate of drug-likeness (QED) is 0.499. The van der Waals surface area contributed by atoms with E-state index in [2.05, 4.69) is 15.5 Å². The maximum absolute atomic E-state index is 12.8. The molecule has 2 aromatic carbocycles. The highest BCUT2D eigenvalue weighted by molar-refractivity contribution is 5.91. The molecule has 36 heavy (non-hydrogen) atoms. The zero-order valence-corrected chi connectivity index (χ0v) is 21.3. The van der Waals surface area contributed by atoms with Crippen molar-refractivity contribution in [1.29, 1.82) is 0 Å². The monoisotopic (exact) mass is 493 g/mol. The maximum atomic E-state index is 12.8. The van der Waals surface area contributed by atoms with Crippen molar-refractivity contribution in [2.45, 2.75) is 64.5 Å². The Morgan fingerprint density at radius 3 is 2.39 bits per heavy atom. The van der Waals surface area contributed by atoms with Crippen molar-refractivity contribution in [3.63, 3.8) is 0 Å². The van der Waals surface area contributed by atoms with Gasteiger partial charge in [-0.2, -0.15) is 0 Å². The number of benzene rings is 2. The van der Waals surface area contributed by atoms with Crippen LogP contribution in [0.1, 0.15) is 57.4 Å². The first-order chi connectivity index (χ1) is 17.6. The van der Waals surface area contributed by atoms with Gasteiger partial charge >= 0.3 is 0 Å². The minimum absolute atomic E-state index is 0.0925. The van der Waals surface area contributed by atoms with Crippen LogP contribution in [0.5, 0.6) is 11.5 Å². The van der Waals surface area contributed by atoms with E-state index in [0.717, 1.165) is 56.6 Å². The van der Waals surface area contributed by atoms with Gasteiger partial charge in [-0.1, -0.05) is 43.5 Å². The fourth-order valence-corrected chi connectivity index (χ4v) is 5.09. The molecule has 1 heterocycles. The summed E-state index contributed by atoms with van der Waals surface area (Å²) in [5, 5.41) is 6.47. The molecular weight excluding hydrogens is 454 g/mol. The molecule has 7 heteroatoms. The molecule has 4 rings (SSSR count). The summed E-state index contributed by atoms with van der Waals surface area (Å²) in [6.07, 6.45) is 7.76. The zero-order chi connectivity index (χ0) is 25.2. The van der Waals surface area contributed by atoms with Gasteiger partial charge in [0.2, 0.25) is 5.91 Å². The molecule has 0 bridgehead atoms. The third kappa shape index (κ3) is 7.47. The Kier molecular flexibility index (Phi) is 9.61. The standard InChI is InChI=1S/C29H39N3O4/c1-2-35-27-19-22(13-14-26(27)36-21-28(33)31-25-11-7-4-8-12-25)20-30-24-15-17-32(18-16-24)29(34)23-9-5-3-6-10-23/h4,7-8,11-14,19,23-24,30H,2-3,5-6,9-10,15-18,20-21H2,1H3,(H,31,33). The molecule has 2 aliphatic rings. The van der Waals surface area contributed by atoms with Gasteiger partial charge < -0.3 is 25.0 Å². The van der Waals surface area contributed by atoms with Crippen LogP contribution in [-0.4, -0.2) is 49.1 Å². The highest BCUT2D eigenvalue weighted by atomic mass is 16.5. The van der Waals surface area contributed by atoms with Crippen molar-refractivity contribution in [2.24, 2.45) is 5.92 Å². The van der Waals surface area contributed by atoms with Gasteiger partial charge in [0.25, 0.3) is 5.91 Å². The van der Waals surface area contributed by atoms with Crippen molar-refractivity contribution >= 4 is 17.5 Å². The van der Waals surface area contributed by atoms with Crippen LogP contribution in [0.25, 0.3) is 0 Å². The molecule has 2 aromatic rings. The third-order valence-electron chi connectivity index (χ3n) is 7.08. The number of nitrogens with one attached hydrogen (secondary N) is 2. The van der Waals surface area contributed by atoms with Gasteiger partial charge in [0.05, 0.1) is 6.61 Å². The number of hydrogen-bond acceptors (Lipinski definition) is 5. The lowest BCUT2D eigenvalue weighted by Crippen LogP contribution is -2.46. The Morgan fingerprint density at radius 2 is 1.67 bits per heavy atom. The normalized spacial score (nSPS) is 17.0. The zero-order valence-electron chi connectivity index (χ0n) is 21.3. The first-order valence-corrected chi connectivity index (χ1v) is 13.4. The van der Waals surface area contributed by atoms with Crippen LogP contribution in [0.2, 0.25) is 0 Å². The molecule has 0 unspecified atom stereocenters. The SMILES string of the molecule is CCOc1cc(CNC2CCN(C(=O)C3CCCCC3)CC2)ccc1OCC(=O)Nc1ccccc1. The number of anilines is 1. The molecular formula is C29H39N3O4. The van der Waals surface area contributed by atoms with Gasteiger partial charge in [0.1, 0.15) is 0 Å². The topological polar surface area (TPSA) is 79.9 Å². The predicted octanol–water partition coefficient (Wildman–Crippen LogP) is 4.76. The number of carbonyl (C=O) groups excluding carboxylic acids is 2. The second-order valence-electron chi connectivity index (χ2n) is 9.73. The summed E-state index contributed by atoms with van der Waals surface area (Å²) in [6, 6.07) is 15.6. The minimum Gasteiger partial charge on any atom is -0.490 e. The third-order valence-corrected chi connectivity index (χ3v) is 7.08. The molecule has 2 amide bonds. The maximum Gasteiger partial charge on any atom is 0.262 e. The summed E-state index contributed by atoms with van der Waals surface area (Å²) >= 11 is 0. The first-order valence-electron chi connectivity index (χ1n) is 13.4. The molecule has 2 N–H and O–H groups in total. The van der Waals surface area contributed by atoms with E-state index in [4.69, 9.17) is 9.47 Å². The van der Waals surface area contributed by atoms with Crippen LogP contribution < -0.4 is 20.1 Å². The van der Waals surface area contributed by atoms with Crippen LogP contribution in [0, 0.1) is 5.92 Å². The molecule has 1 saturated carbocycles. The Hall–Kier alpha value is -3.06. The molecule has 1 aliphatic carbocycles. The number of carbonyl (C=O) groups is 2. The van der Waals surface area contributed by atoms with Gasteiger partial charge in [0, 0.05) is 37.3 Å². The fraction of sp³-hybridized carbons (Fsp3) is 0.517. The van der Waals surface area contributed by atoms with E-state index in [-0.39, 0.29) is 18.4 Å². The lowest BCUT2D eigenvalue weighted by atomic mass is 9.87.